The maximum absolute atomic E-state index is 13.3. The van der Waals surface area contributed by atoms with Crippen molar-refractivity contribution in [3.63, 3.8) is 0 Å². The average Bonchev–Trinajstić information content (AvgIpc) is 2.87. The van der Waals surface area contributed by atoms with Crippen molar-refractivity contribution in [3.05, 3.63) is 74.1 Å². The van der Waals surface area contributed by atoms with E-state index in [4.69, 9.17) is 0 Å². The van der Waals surface area contributed by atoms with Crippen LogP contribution in [0.4, 0.5) is 5.69 Å². The van der Waals surface area contributed by atoms with Gasteiger partial charge in [-0.05, 0) is 55.2 Å². The number of benzene rings is 2. The first-order valence-corrected chi connectivity index (χ1v) is 11.5. The Hall–Kier alpha value is -2.32. The second-order valence-electron chi connectivity index (χ2n) is 7.34. The first-order chi connectivity index (χ1) is 13.5. The molecule has 0 aliphatic rings. The molecule has 0 bridgehead atoms. The normalized spacial score (nSPS) is 11.8. The number of para-hydroxylation sites is 1. The lowest BCUT2D eigenvalue weighted by Crippen LogP contribution is -2.23. The van der Waals surface area contributed by atoms with Gasteiger partial charge in [-0.15, -0.1) is 0 Å². The van der Waals surface area contributed by atoms with Crippen LogP contribution >= 0.6 is 15.9 Å². The van der Waals surface area contributed by atoms with E-state index in [0.29, 0.717) is 16.9 Å². The molecule has 2 aromatic carbocycles. The number of hydrogen-bond donors (Lipinski definition) is 1. The monoisotopic (exact) mass is 477 g/mol. The van der Waals surface area contributed by atoms with Crippen LogP contribution in [0.2, 0.25) is 0 Å². The summed E-state index contributed by atoms with van der Waals surface area (Å²) in [5, 5.41) is 0. The molecule has 0 spiro atoms. The lowest BCUT2D eigenvalue weighted by atomic mass is 10.0. The summed E-state index contributed by atoms with van der Waals surface area (Å²) in [5.74, 6) is -0.00341. The zero-order valence-corrected chi connectivity index (χ0v) is 19.4. The number of nitrogens with one attached hydrogen (secondary N) is 1. The average molecular weight is 478 g/mol. The van der Waals surface area contributed by atoms with Crippen molar-refractivity contribution in [3.8, 4) is 5.69 Å². The fourth-order valence-electron chi connectivity index (χ4n) is 3.23. The summed E-state index contributed by atoms with van der Waals surface area (Å²) in [4.78, 5) is 13.3. The molecule has 8 heteroatoms. The quantitative estimate of drug-likeness (QED) is 0.588. The molecule has 0 saturated carbocycles. The summed E-state index contributed by atoms with van der Waals surface area (Å²) in [6.45, 7) is 7.43. The predicted octanol–water partition coefficient (Wildman–Crippen LogP) is 4.48. The SMILES string of the molecule is Cc1cc(S(=O)(=O)Nc2c(C)n(C)n(-c3ccccc3)c2=O)c(C(C)C)cc1Br. The standard InChI is InChI=1S/C21H24BrN3O3S/c1-13(2)17-12-18(22)14(3)11-19(17)29(27,28)23-20-15(4)24(5)25(21(20)26)16-9-7-6-8-10-16/h6-13,23H,1-5H3. The largest absolute Gasteiger partial charge is 0.296 e. The third kappa shape index (κ3) is 3.91. The van der Waals surface area contributed by atoms with E-state index in [1.807, 2.05) is 45.0 Å². The van der Waals surface area contributed by atoms with Gasteiger partial charge in [0.2, 0.25) is 0 Å². The van der Waals surface area contributed by atoms with Crippen LogP contribution in [0.15, 0.2) is 56.6 Å². The Balaban J connectivity index is 2.15. The van der Waals surface area contributed by atoms with E-state index in [-0.39, 0.29) is 16.5 Å². The third-order valence-corrected chi connectivity index (χ3v) is 7.25. The molecule has 0 aliphatic heterocycles. The Kier molecular flexibility index (Phi) is 5.78. The zero-order valence-electron chi connectivity index (χ0n) is 17.0. The highest BCUT2D eigenvalue weighted by atomic mass is 79.9. The second-order valence-corrected chi connectivity index (χ2v) is 9.84. The molecule has 0 atom stereocenters. The molecule has 0 saturated heterocycles. The topological polar surface area (TPSA) is 73.1 Å². The molecule has 0 radical (unpaired) electrons. The van der Waals surface area contributed by atoms with E-state index in [0.717, 1.165) is 10.0 Å². The Labute approximate surface area is 179 Å². The molecule has 0 amide bonds. The Bertz CT molecular complexity index is 1230. The van der Waals surface area contributed by atoms with Gasteiger partial charge in [-0.25, -0.2) is 13.1 Å². The van der Waals surface area contributed by atoms with Gasteiger partial charge in [0.25, 0.3) is 15.6 Å². The number of nitrogens with zero attached hydrogens (tertiary/aromatic N) is 2. The summed E-state index contributed by atoms with van der Waals surface area (Å²) in [7, 11) is -2.23. The Morgan fingerprint density at radius 3 is 2.28 bits per heavy atom. The van der Waals surface area contributed by atoms with Gasteiger partial charge in [0.15, 0.2) is 0 Å². The van der Waals surface area contributed by atoms with E-state index < -0.39 is 15.6 Å². The molecule has 1 aromatic heterocycles. The van der Waals surface area contributed by atoms with Crippen LogP contribution in [-0.4, -0.2) is 17.8 Å². The highest BCUT2D eigenvalue weighted by Gasteiger charge is 2.26. The Morgan fingerprint density at radius 1 is 1.07 bits per heavy atom. The van der Waals surface area contributed by atoms with E-state index >= 15 is 0 Å². The van der Waals surface area contributed by atoms with Gasteiger partial charge < -0.3 is 0 Å². The van der Waals surface area contributed by atoms with Gasteiger partial charge in [0.1, 0.15) is 5.69 Å². The molecular formula is C21H24BrN3O3S. The smallest absolute Gasteiger partial charge is 0.283 e. The van der Waals surface area contributed by atoms with Crippen LogP contribution in [0.3, 0.4) is 0 Å². The van der Waals surface area contributed by atoms with Crippen molar-refractivity contribution in [2.45, 2.75) is 38.5 Å². The molecule has 6 nitrogen and oxygen atoms in total. The van der Waals surface area contributed by atoms with Crippen LogP contribution in [0.5, 0.6) is 0 Å². The summed E-state index contributed by atoms with van der Waals surface area (Å²) in [6.07, 6.45) is 0. The first-order valence-electron chi connectivity index (χ1n) is 9.21. The first kappa shape index (κ1) is 21.4. The second kappa shape index (κ2) is 7.84. The van der Waals surface area contributed by atoms with Crippen molar-refractivity contribution in [2.24, 2.45) is 7.05 Å². The van der Waals surface area contributed by atoms with Crippen molar-refractivity contribution in [2.75, 3.05) is 4.72 Å². The summed E-state index contributed by atoms with van der Waals surface area (Å²) >= 11 is 3.47. The maximum atomic E-state index is 13.3. The van der Waals surface area contributed by atoms with Crippen molar-refractivity contribution in [1.82, 2.24) is 9.36 Å². The number of sulfonamides is 1. The number of anilines is 1. The van der Waals surface area contributed by atoms with Crippen molar-refractivity contribution in [1.29, 1.82) is 0 Å². The molecule has 29 heavy (non-hydrogen) atoms. The lowest BCUT2D eigenvalue weighted by Gasteiger charge is -2.16. The molecule has 0 aliphatic carbocycles. The molecule has 1 heterocycles. The van der Waals surface area contributed by atoms with E-state index in [2.05, 4.69) is 20.7 Å². The number of aromatic nitrogens is 2. The van der Waals surface area contributed by atoms with Crippen LogP contribution in [0.1, 0.15) is 36.6 Å². The van der Waals surface area contributed by atoms with E-state index in [1.165, 1.54) is 4.68 Å². The number of hydrogen-bond acceptors (Lipinski definition) is 3. The fraction of sp³-hybridized carbons (Fsp3) is 0.286. The molecule has 0 unspecified atom stereocenters. The summed E-state index contributed by atoms with van der Waals surface area (Å²) < 4.78 is 33.0. The molecule has 3 aromatic rings. The Morgan fingerprint density at radius 2 is 1.69 bits per heavy atom. The fourth-order valence-corrected chi connectivity index (χ4v) is 5.14. The van der Waals surface area contributed by atoms with Gasteiger partial charge in [0, 0.05) is 11.5 Å². The number of aryl methyl sites for hydroxylation is 1. The maximum Gasteiger partial charge on any atom is 0.296 e. The minimum absolute atomic E-state index is 0.00341. The summed E-state index contributed by atoms with van der Waals surface area (Å²) in [6, 6.07) is 12.6. The molecule has 1 N–H and O–H groups in total. The van der Waals surface area contributed by atoms with Crippen LogP contribution in [0.25, 0.3) is 5.69 Å². The van der Waals surface area contributed by atoms with E-state index in [1.54, 1.807) is 36.9 Å². The van der Waals surface area contributed by atoms with Gasteiger partial charge in [-0.1, -0.05) is 48.0 Å². The lowest BCUT2D eigenvalue weighted by molar-refractivity contribution is 0.598. The van der Waals surface area contributed by atoms with Crippen LogP contribution < -0.4 is 10.3 Å². The minimum atomic E-state index is -3.96. The highest BCUT2D eigenvalue weighted by molar-refractivity contribution is 9.10. The van der Waals surface area contributed by atoms with Crippen LogP contribution in [0, 0.1) is 13.8 Å². The summed E-state index contributed by atoms with van der Waals surface area (Å²) in [5.41, 5.74) is 2.32. The third-order valence-electron chi connectivity index (χ3n) is 4.99. The minimum Gasteiger partial charge on any atom is -0.283 e. The van der Waals surface area contributed by atoms with Crippen LogP contribution in [-0.2, 0) is 17.1 Å². The predicted molar refractivity (Wildman–Crippen MR) is 120 cm³/mol. The van der Waals surface area contributed by atoms with Gasteiger partial charge >= 0.3 is 0 Å². The highest BCUT2D eigenvalue weighted by Crippen LogP contribution is 2.31. The number of halogens is 1. The van der Waals surface area contributed by atoms with Gasteiger partial charge in [0.05, 0.1) is 16.3 Å². The zero-order chi connectivity index (χ0) is 21.5. The molecule has 3 rings (SSSR count). The molecule has 0 fully saturated rings. The van der Waals surface area contributed by atoms with Gasteiger partial charge in [-0.3, -0.25) is 14.2 Å². The van der Waals surface area contributed by atoms with Gasteiger partial charge in [-0.2, -0.15) is 0 Å². The number of rotatable bonds is 5. The van der Waals surface area contributed by atoms with E-state index in [9.17, 15) is 13.2 Å². The molecule has 154 valence electrons. The molecular weight excluding hydrogens is 454 g/mol. The van der Waals surface area contributed by atoms with Crippen molar-refractivity contribution < 1.29 is 8.42 Å². The van der Waals surface area contributed by atoms with Crippen molar-refractivity contribution >= 4 is 31.6 Å².